The second-order valence-corrected chi connectivity index (χ2v) is 9.55. The Morgan fingerprint density at radius 3 is 2.46 bits per heavy atom. The number of benzene rings is 3. The number of hydrogen-bond acceptors (Lipinski definition) is 3. The molecule has 5 nitrogen and oxygen atoms in total. The van der Waals surface area contributed by atoms with Gasteiger partial charge in [0, 0.05) is 5.56 Å². The van der Waals surface area contributed by atoms with E-state index in [1.807, 2.05) is 74.0 Å². The maximum absolute atomic E-state index is 13.1. The Morgan fingerprint density at radius 1 is 0.914 bits per heavy atom. The van der Waals surface area contributed by atoms with Gasteiger partial charge in [0.2, 0.25) is 0 Å². The van der Waals surface area contributed by atoms with E-state index in [-0.39, 0.29) is 5.91 Å². The number of carbonyl (C=O) groups excluding carboxylic acids is 1. The summed E-state index contributed by atoms with van der Waals surface area (Å²) in [6, 6.07) is 18.4. The molecule has 1 aromatic heterocycles. The molecule has 4 aromatic rings. The molecule has 1 heterocycles. The summed E-state index contributed by atoms with van der Waals surface area (Å²) < 4.78 is 7.71. The Kier molecular flexibility index (Phi) is 7.70. The molecule has 0 aliphatic carbocycles. The zero-order valence-corrected chi connectivity index (χ0v) is 21.8. The maximum atomic E-state index is 13.1. The average molecular weight is 529 g/mol. The molecule has 0 spiro atoms. The molecule has 180 valence electrons. The molecule has 0 atom stereocenters. The Hall–Kier alpha value is -2.99. The Bertz CT molecular complexity index is 1400. The molecular weight excluding hydrogens is 505 g/mol. The van der Waals surface area contributed by atoms with Crippen molar-refractivity contribution >= 4 is 46.4 Å². The molecule has 0 aliphatic heterocycles. The van der Waals surface area contributed by atoms with Crippen LogP contribution in [-0.4, -0.2) is 15.7 Å². The van der Waals surface area contributed by atoms with Crippen LogP contribution >= 0.6 is 34.8 Å². The highest BCUT2D eigenvalue weighted by Crippen LogP contribution is 2.27. The first kappa shape index (κ1) is 25.1. The maximum Gasteiger partial charge on any atom is 0.255 e. The number of anilines is 1. The van der Waals surface area contributed by atoms with E-state index < -0.39 is 0 Å². The molecule has 0 aliphatic rings. The van der Waals surface area contributed by atoms with Crippen LogP contribution in [0.15, 0.2) is 60.7 Å². The predicted octanol–water partition coefficient (Wildman–Crippen LogP) is 7.65. The van der Waals surface area contributed by atoms with Gasteiger partial charge in [-0.1, -0.05) is 59.1 Å². The summed E-state index contributed by atoms with van der Waals surface area (Å²) in [5, 5.41) is 9.15. The number of rotatable bonds is 7. The van der Waals surface area contributed by atoms with Gasteiger partial charge in [0.25, 0.3) is 5.91 Å². The number of nitrogens with zero attached hydrogens (tertiary/aromatic N) is 2. The van der Waals surface area contributed by atoms with Crippen molar-refractivity contribution in [1.29, 1.82) is 0 Å². The first-order valence-electron chi connectivity index (χ1n) is 11.0. The summed E-state index contributed by atoms with van der Waals surface area (Å²) in [6.45, 7) is 6.56. The van der Waals surface area contributed by atoms with Gasteiger partial charge in [-0.15, -0.1) is 0 Å². The number of ether oxygens (including phenoxy) is 1. The molecule has 0 saturated heterocycles. The minimum atomic E-state index is -0.222. The molecule has 0 radical (unpaired) electrons. The van der Waals surface area contributed by atoms with Gasteiger partial charge in [-0.3, -0.25) is 9.48 Å². The van der Waals surface area contributed by atoms with Crippen LogP contribution in [0.2, 0.25) is 15.1 Å². The number of hydrogen-bond donors (Lipinski definition) is 1. The van der Waals surface area contributed by atoms with Crippen molar-refractivity contribution in [2.45, 2.75) is 33.9 Å². The van der Waals surface area contributed by atoms with E-state index in [0.717, 1.165) is 28.1 Å². The topological polar surface area (TPSA) is 56.1 Å². The van der Waals surface area contributed by atoms with E-state index in [9.17, 15) is 4.79 Å². The van der Waals surface area contributed by atoms with Crippen LogP contribution in [0.1, 0.15) is 38.4 Å². The Labute approximate surface area is 219 Å². The second-order valence-electron chi connectivity index (χ2n) is 8.33. The van der Waals surface area contributed by atoms with Crippen LogP contribution in [0.4, 0.5) is 5.69 Å². The van der Waals surface area contributed by atoms with Crippen molar-refractivity contribution in [1.82, 2.24) is 9.78 Å². The molecule has 0 unspecified atom stereocenters. The molecular formula is C27H24Cl3N3O2. The smallest absolute Gasteiger partial charge is 0.255 e. The SMILES string of the molecule is Cc1ccc(Cl)c(OCc2cccc(C(=O)Nc3c(C)nn(Cc4ccc(Cl)c(Cl)c4)c3C)c2)c1. The normalized spacial score (nSPS) is 10.9. The molecule has 0 fully saturated rings. The summed E-state index contributed by atoms with van der Waals surface area (Å²) in [5.41, 5.74) is 5.66. The zero-order chi connectivity index (χ0) is 25.1. The highest BCUT2D eigenvalue weighted by Gasteiger charge is 2.16. The number of aromatic nitrogens is 2. The lowest BCUT2D eigenvalue weighted by molar-refractivity contribution is 0.102. The standard InChI is InChI=1S/C27H24Cl3N3O2/c1-16-7-9-23(29)25(11-16)35-15-20-5-4-6-21(12-20)27(34)31-26-17(2)32-33(18(26)3)14-19-8-10-22(28)24(30)13-19/h4-13H,14-15H2,1-3H3,(H,31,34). The summed E-state index contributed by atoms with van der Waals surface area (Å²) >= 11 is 18.4. The molecule has 0 bridgehead atoms. The lowest BCUT2D eigenvalue weighted by Gasteiger charge is -2.11. The summed E-state index contributed by atoms with van der Waals surface area (Å²) in [6.07, 6.45) is 0. The second kappa shape index (κ2) is 10.7. The molecule has 1 N–H and O–H groups in total. The third-order valence-corrected chi connectivity index (χ3v) is 6.66. The van der Waals surface area contributed by atoms with Crippen LogP contribution in [-0.2, 0) is 13.2 Å². The lowest BCUT2D eigenvalue weighted by Crippen LogP contribution is -2.14. The third-order valence-electron chi connectivity index (χ3n) is 5.61. The fourth-order valence-corrected chi connectivity index (χ4v) is 4.21. The van der Waals surface area contributed by atoms with Crippen molar-refractivity contribution in [3.8, 4) is 5.75 Å². The van der Waals surface area contributed by atoms with Gasteiger partial charge in [0.05, 0.1) is 38.7 Å². The van der Waals surface area contributed by atoms with E-state index >= 15 is 0 Å². The molecule has 3 aromatic carbocycles. The lowest BCUT2D eigenvalue weighted by atomic mass is 10.1. The number of aryl methyl sites for hydroxylation is 2. The zero-order valence-electron chi connectivity index (χ0n) is 19.5. The molecule has 4 rings (SSSR count). The van der Waals surface area contributed by atoms with E-state index in [1.165, 1.54) is 0 Å². The van der Waals surface area contributed by atoms with Crippen molar-refractivity contribution in [3.63, 3.8) is 0 Å². The molecule has 8 heteroatoms. The van der Waals surface area contributed by atoms with Gasteiger partial charge >= 0.3 is 0 Å². The van der Waals surface area contributed by atoms with E-state index in [4.69, 9.17) is 39.5 Å². The van der Waals surface area contributed by atoms with Crippen molar-refractivity contribution < 1.29 is 9.53 Å². The largest absolute Gasteiger partial charge is 0.487 e. The number of halogens is 3. The van der Waals surface area contributed by atoms with Gasteiger partial charge in [-0.05, 0) is 73.9 Å². The van der Waals surface area contributed by atoms with Gasteiger partial charge in [0.15, 0.2) is 0 Å². The summed E-state index contributed by atoms with van der Waals surface area (Å²) in [4.78, 5) is 13.1. The minimum absolute atomic E-state index is 0.222. The Balaban J connectivity index is 1.47. The number of amides is 1. The summed E-state index contributed by atoms with van der Waals surface area (Å²) in [5.74, 6) is 0.392. The minimum Gasteiger partial charge on any atom is -0.487 e. The van der Waals surface area contributed by atoms with Crippen molar-refractivity contribution in [3.05, 3.63) is 109 Å². The quantitative estimate of drug-likeness (QED) is 0.268. The van der Waals surface area contributed by atoms with Gasteiger partial charge in [-0.2, -0.15) is 5.10 Å². The number of nitrogens with one attached hydrogen (secondary N) is 1. The predicted molar refractivity (Wildman–Crippen MR) is 142 cm³/mol. The van der Waals surface area contributed by atoms with Crippen molar-refractivity contribution in [2.24, 2.45) is 0 Å². The molecule has 1 amide bonds. The Morgan fingerprint density at radius 2 is 1.69 bits per heavy atom. The van der Waals surface area contributed by atoms with E-state index in [2.05, 4.69) is 10.4 Å². The first-order chi connectivity index (χ1) is 16.7. The van der Waals surface area contributed by atoms with Crippen LogP contribution in [0.5, 0.6) is 5.75 Å². The number of carbonyl (C=O) groups is 1. The highest BCUT2D eigenvalue weighted by molar-refractivity contribution is 6.42. The van der Waals surface area contributed by atoms with E-state index in [1.54, 1.807) is 12.1 Å². The fourth-order valence-electron chi connectivity index (χ4n) is 3.71. The molecule has 0 saturated carbocycles. The molecule has 35 heavy (non-hydrogen) atoms. The average Bonchev–Trinajstić information content (AvgIpc) is 3.09. The summed E-state index contributed by atoms with van der Waals surface area (Å²) in [7, 11) is 0. The van der Waals surface area contributed by atoms with E-state index in [0.29, 0.717) is 45.2 Å². The van der Waals surface area contributed by atoms with Crippen LogP contribution < -0.4 is 10.1 Å². The van der Waals surface area contributed by atoms with Crippen LogP contribution in [0, 0.1) is 20.8 Å². The highest BCUT2D eigenvalue weighted by atomic mass is 35.5. The van der Waals surface area contributed by atoms with Gasteiger partial charge in [0.1, 0.15) is 12.4 Å². The van der Waals surface area contributed by atoms with Crippen LogP contribution in [0.3, 0.4) is 0 Å². The van der Waals surface area contributed by atoms with Gasteiger partial charge < -0.3 is 10.1 Å². The van der Waals surface area contributed by atoms with Crippen molar-refractivity contribution in [2.75, 3.05) is 5.32 Å². The first-order valence-corrected chi connectivity index (χ1v) is 12.1. The fraction of sp³-hybridized carbons (Fsp3) is 0.185. The van der Waals surface area contributed by atoms with Crippen LogP contribution in [0.25, 0.3) is 0 Å². The third kappa shape index (κ3) is 5.99. The monoisotopic (exact) mass is 527 g/mol. The van der Waals surface area contributed by atoms with Gasteiger partial charge in [-0.25, -0.2) is 0 Å².